The summed E-state index contributed by atoms with van der Waals surface area (Å²) >= 11 is 4.32. The quantitative estimate of drug-likeness (QED) is 0.834. The predicted octanol–water partition coefficient (Wildman–Crippen LogP) is 3.75. The Morgan fingerprint density at radius 3 is 2.17 bits per heavy atom. The summed E-state index contributed by atoms with van der Waals surface area (Å²) in [6.45, 7) is 2.06. The summed E-state index contributed by atoms with van der Waals surface area (Å²) in [5.74, 6) is 0.157. The van der Waals surface area contributed by atoms with Crippen molar-refractivity contribution in [2.24, 2.45) is 5.14 Å². The highest BCUT2D eigenvalue weighted by Gasteiger charge is 2.21. The minimum Gasteiger partial charge on any atom is -0.225 e. The minimum absolute atomic E-state index is 0.125. The molecule has 2 aromatic rings. The van der Waals surface area contributed by atoms with Crippen molar-refractivity contribution >= 4 is 28.2 Å². The molecule has 0 spiro atoms. The van der Waals surface area contributed by atoms with Crippen molar-refractivity contribution in [3.05, 3.63) is 77.4 Å². The van der Waals surface area contributed by atoms with Gasteiger partial charge >= 0.3 is 0 Å². The van der Waals surface area contributed by atoms with Crippen LogP contribution in [0.25, 0.3) is 5.57 Å². The fourth-order valence-corrected chi connectivity index (χ4v) is 3.46. The molecule has 0 heterocycles. The molecule has 0 bridgehead atoms. The first kappa shape index (κ1) is 16.1. The Hall–Kier alpha value is -1.82. The van der Waals surface area contributed by atoms with Crippen LogP contribution in [0, 0.1) is 0 Å². The molecule has 2 aromatic carbocycles. The van der Waals surface area contributed by atoms with Crippen LogP contribution in [0.15, 0.2) is 76.0 Å². The van der Waals surface area contributed by atoms with Crippen molar-refractivity contribution < 1.29 is 8.42 Å². The van der Waals surface area contributed by atoms with Crippen LogP contribution in [0.5, 0.6) is 0 Å². The number of sulfonamides is 1. The van der Waals surface area contributed by atoms with E-state index in [1.165, 1.54) is 11.1 Å². The molecule has 0 saturated heterocycles. The number of allylic oxidation sites excluding steroid dienone is 4. The van der Waals surface area contributed by atoms with E-state index in [-0.39, 0.29) is 10.8 Å². The van der Waals surface area contributed by atoms with Crippen LogP contribution in [0.2, 0.25) is 0 Å². The maximum absolute atomic E-state index is 11.4. The van der Waals surface area contributed by atoms with Gasteiger partial charge in [-0.05, 0) is 47.9 Å². The van der Waals surface area contributed by atoms with Crippen molar-refractivity contribution in [3.63, 3.8) is 0 Å². The first-order chi connectivity index (χ1) is 10.8. The van der Waals surface area contributed by atoms with Crippen LogP contribution < -0.4 is 5.14 Å². The van der Waals surface area contributed by atoms with E-state index in [4.69, 9.17) is 5.14 Å². The molecule has 1 aliphatic rings. The summed E-state index contributed by atoms with van der Waals surface area (Å²) in [5.41, 5.74) is 4.51. The predicted molar refractivity (Wildman–Crippen MR) is 96.0 cm³/mol. The smallest absolute Gasteiger partial charge is 0.225 e. The molecule has 2 N–H and O–H groups in total. The second-order valence-corrected chi connectivity index (χ2v) is 7.73. The van der Waals surface area contributed by atoms with Gasteiger partial charge in [0.2, 0.25) is 10.0 Å². The molecule has 0 fully saturated rings. The van der Waals surface area contributed by atoms with Crippen molar-refractivity contribution in [2.75, 3.05) is 0 Å². The molecule has 0 aromatic heterocycles. The van der Waals surface area contributed by atoms with Crippen LogP contribution in [-0.4, -0.2) is 8.42 Å². The molecule has 3 rings (SSSR count). The Balaban J connectivity index is 1.98. The zero-order chi connectivity index (χ0) is 16.6. The molecule has 0 saturated carbocycles. The summed E-state index contributed by atoms with van der Waals surface area (Å²) < 4.78 is 22.8. The fraction of sp³-hybridized carbons (Fsp3) is 0.111. The average Bonchev–Trinajstić information content (AvgIpc) is 2.89. The van der Waals surface area contributed by atoms with E-state index in [9.17, 15) is 8.42 Å². The summed E-state index contributed by atoms with van der Waals surface area (Å²) in [6.07, 6.45) is 4.33. The van der Waals surface area contributed by atoms with Gasteiger partial charge in [-0.3, -0.25) is 0 Å². The molecule has 0 aliphatic heterocycles. The third-order valence-electron chi connectivity index (χ3n) is 3.92. The highest BCUT2D eigenvalue weighted by molar-refractivity contribution is 7.89. The normalized spacial score (nSPS) is 17.8. The van der Waals surface area contributed by atoms with Gasteiger partial charge in [-0.2, -0.15) is 0 Å². The maximum atomic E-state index is 11.4. The molecule has 1 aliphatic carbocycles. The monoisotopic (exact) mass is 343 g/mol. The van der Waals surface area contributed by atoms with Crippen LogP contribution in [0.4, 0.5) is 0 Å². The van der Waals surface area contributed by atoms with Gasteiger partial charge < -0.3 is 0 Å². The van der Waals surface area contributed by atoms with Gasteiger partial charge in [0.15, 0.2) is 0 Å². The molecular weight excluding hydrogens is 326 g/mol. The molecule has 0 amide bonds. The minimum atomic E-state index is -3.67. The van der Waals surface area contributed by atoms with E-state index >= 15 is 0 Å². The van der Waals surface area contributed by atoms with Crippen LogP contribution in [-0.2, 0) is 10.0 Å². The third-order valence-corrected chi connectivity index (χ3v) is 5.14. The van der Waals surface area contributed by atoms with Crippen LogP contribution >= 0.6 is 12.6 Å². The van der Waals surface area contributed by atoms with Crippen LogP contribution in [0.1, 0.15) is 24.0 Å². The van der Waals surface area contributed by atoms with Crippen molar-refractivity contribution in [3.8, 4) is 0 Å². The second-order valence-electron chi connectivity index (χ2n) is 5.65. The average molecular weight is 343 g/mol. The van der Waals surface area contributed by atoms with Crippen LogP contribution in [0.3, 0.4) is 0 Å². The topological polar surface area (TPSA) is 60.2 Å². The number of hydrogen-bond acceptors (Lipinski definition) is 3. The standard InChI is InChI=1S/C18H17NO2S2/c1-12-10-17(13-2-6-15(22)7-3-13)18(11-12)14-4-8-16(9-5-14)23(19,20)21/h2-11,17,22H,1H3,(H2,19,20,21). The Bertz CT molecular complexity index is 893. The molecule has 1 atom stereocenters. The molecule has 23 heavy (non-hydrogen) atoms. The van der Waals surface area contributed by atoms with Gasteiger partial charge in [0, 0.05) is 10.8 Å². The highest BCUT2D eigenvalue weighted by atomic mass is 32.2. The highest BCUT2D eigenvalue weighted by Crippen LogP contribution is 2.39. The van der Waals surface area contributed by atoms with Gasteiger partial charge in [0.1, 0.15) is 0 Å². The lowest BCUT2D eigenvalue weighted by Gasteiger charge is -2.15. The maximum Gasteiger partial charge on any atom is 0.238 e. The summed E-state index contributed by atoms with van der Waals surface area (Å²) in [7, 11) is -3.67. The summed E-state index contributed by atoms with van der Waals surface area (Å²) in [5, 5.41) is 5.15. The molecular formula is C18H17NO2S2. The SMILES string of the molecule is CC1=CC(c2ccc(S)cc2)C(c2ccc(S(N)(=O)=O)cc2)=C1. The Kier molecular flexibility index (Phi) is 4.19. The third kappa shape index (κ3) is 3.42. The van der Waals surface area contributed by atoms with E-state index < -0.39 is 10.0 Å². The number of benzene rings is 2. The van der Waals surface area contributed by atoms with E-state index in [0.717, 1.165) is 16.0 Å². The number of hydrogen-bond donors (Lipinski definition) is 2. The molecule has 118 valence electrons. The van der Waals surface area contributed by atoms with E-state index in [1.54, 1.807) is 24.3 Å². The molecule has 5 heteroatoms. The summed E-state index contributed by atoms with van der Waals surface area (Å²) in [4.78, 5) is 1.05. The van der Waals surface area contributed by atoms with Gasteiger partial charge in [0.05, 0.1) is 4.90 Å². The lowest BCUT2D eigenvalue weighted by Crippen LogP contribution is -2.11. The Labute approximate surface area is 142 Å². The first-order valence-corrected chi connectivity index (χ1v) is 9.16. The Morgan fingerprint density at radius 2 is 1.61 bits per heavy atom. The number of nitrogens with two attached hydrogens (primary N) is 1. The number of rotatable bonds is 3. The van der Waals surface area contributed by atoms with Crippen molar-refractivity contribution in [2.45, 2.75) is 22.6 Å². The lowest BCUT2D eigenvalue weighted by molar-refractivity contribution is 0.598. The van der Waals surface area contributed by atoms with Gasteiger partial charge in [-0.25, -0.2) is 13.6 Å². The zero-order valence-electron chi connectivity index (χ0n) is 12.6. The molecule has 3 nitrogen and oxygen atoms in total. The van der Waals surface area contributed by atoms with Gasteiger partial charge in [0.25, 0.3) is 0 Å². The van der Waals surface area contributed by atoms with Crippen molar-refractivity contribution in [1.82, 2.24) is 0 Å². The van der Waals surface area contributed by atoms with E-state index in [2.05, 4.69) is 43.8 Å². The molecule has 1 unspecified atom stereocenters. The van der Waals surface area contributed by atoms with Gasteiger partial charge in [-0.15, -0.1) is 12.6 Å². The molecule has 0 radical (unpaired) electrons. The summed E-state index contributed by atoms with van der Waals surface area (Å²) in [6, 6.07) is 14.8. The first-order valence-electron chi connectivity index (χ1n) is 7.17. The number of primary sulfonamides is 1. The van der Waals surface area contributed by atoms with Gasteiger partial charge in [-0.1, -0.05) is 42.0 Å². The van der Waals surface area contributed by atoms with Crippen molar-refractivity contribution in [1.29, 1.82) is 0 Å². The number of thiol groups is 1. The van der Waals surface area contributed by atoms with E-state index in [1.807, 2.05) is 12.1 Å². The lowest BCUT2D eigenvalue weighted by atomic mass is 9.89. The Morgan fingerprint density at radius 1 is 1.00 bits per heavy atom. The second kappa shape index (κ2) is 6.00. The largest absolute Gasteiger partial charge is 0.238 e. The fourth-order valence-electron chi connectivity index (χ4n) is 2.79. The zero-order valence-corrected chi connectivity index (χ0v) is 14.3. The van der Waals surface area contributed by atoms with E-state index in [0.29, 0.717) is 0 Å².